The maximum atomic E-state index is 12.4. The standard InChI is InChI=1S/C12H19N5O3/c13-5-6-16-7-10(14-15-16)12(20)17(8-11(18)19)9-3-1-2-4-9/h7,9H,1-6,8,13H2,(H,18,19). The highest BCUT2D eigenvalue weighted by molar-refractivity contribution is 5.94. The Hall–Kier alpha value is -1.96. The van der Waals surface area contributed by atoms with Crippen molar-refractivity contribution in [3.05, 3.63) is 11.9 Å². The molecular formula is C12H19N5O3. The summed E-state index contributed by atoms with van der Waals surface area (Å²) in [5.41, 5.74) is 5.58. The van der Waals surface area contributed by atoms with E-state index in [-0.39, 0.29) is 24.2 Å². The zero-order valence-electron chi connectivity index (χ0n) is 11.2. The summed E-state index contributed by atoms with van der Waals surface area (Å²) in [6.07, 6.45) is 5.24. The molecule has 1 aliphatic carbocycles. The van der Waals surface area contributed by atoms with Crippen molar-refractivity contribution >= 4 is 11.9 Å². The molecule has 0 unspecified atom stereocenters. The number of nitrogens with zero attached hydrogens (tertiary/aromatic N) is 4. The molecule has 1 fully saturated rings. The van der Waals surface area contributed by atoms with Gasteiger partial charge in [0.15, 0.2) is 5.69 Å². The molecule has 2 rings (SSSR count). The number of carbonyl (C=O) groups excluding carboxylic acids is 1. The van der Waals surface area contributed by atoms with Crippen LogP contribution in [-0.2, 0) is 11.3 Å². The Morgan fingerprint density at radius 2 is 2.15 bits per heavy atom. The number of aliphatic carboxylic acids is 1. The van der Waals surface area contributed by atoms with Crippen molar-refractivity contribution in [3.63, 3.8) is 0 Å². The van der Waals surface area contributed by atoms with Gasteiger partial charge in [0.25, 0.3) is 5.91 Å². The first-order valence-corrected chi connectivity index (χ1v) is 6.74. The van der Waals surface area contributed by atoms with Crippen molar-refractivity contribution in [2.75, 3.05) is 13.1 Å². The van der Waals surface area contributed by atoms with Gasteiger partial charge in [0, 0.05) is 12.6 Å². The highest BCUT2D eigenvalue weighted by atomic mass is 16.4. The lowest BCUT2D eigenvalue weighted by molar-refractivity contribution is -0.138. The average Bonchev–Trinajstić information content (AvgIpc) is 3.06. The second-order valence-corrected chi connectivity index (χ2v) is 4.92. The number of carboxylic acids is 1. The van der Waals surface area contributed by atoms with Crippen LogP contribution in [0.4, 0.5) is 0 Å². The van der Waals surface area contributed by atoms with E-state index < -0.39 is 5.97 Å². The van der Waals surface area contributed by atoms with Crippen LogP contribution in [0.2, 0.25) is 0 Å². The summed E-state index contributed by atoms with van der Waals surface area (Å²) in [5, 5.41) is 16.6. The second kappa shape index (κ2) is 6.47. The Kier molecular flexibility index (Phi) is 4.67. The van der Waals surface area contributed by atoms with Crippen molar-refractivity contribution in [1.29, 1.82) is 0 Å². The second-order valence-electron chi connectivity index (χ2n) is 4.92. The molecule has 1 saturated carbocycles. The van der Waals surface area contributed by atoms with Crippen molar-refractivity contribution in [2.24, 2.45) is 5.73 Å². The lowest BCUT2D eigenvalue weighted by Gasteiger charge is -2.26. The minimum Gasteiger partial charge on any atom is -0.480 e. The van der Waals surface area contributed by atoms with E-state index in [0.717, 1.165) is 25.7 Å². The topological polar surface area (TPSA) is 114 Å². The summed E-state index contributed by atoms with van der Waals surface area (Å²) < 4.78 is 1.49. The van der Waals surface area contributed by atoms with Crippen LogP contribution in [-0.4, -0.2) is 56.0 Å². The molecule has 0 bridgehead atoms. The highest BCUT2D eigenvalue weighted by Crippen LogP contribution is 2.24. The maximum Gasteiger partial charge on any atom is 0.323 e. The predicted molar refractivity (Wildman–Crippen MR) is 70.0 cm³/mol. The minimum atomic E-state index is -1.01. The van der Waals surface area contributed by atoms with E-state index >= 15 is 0 Å². The quantitative estimate of drug-likeness (QED) is 0.740. The van der Waals surface area contributed by atoms with E-state index in [0.29, 0.717) is 13.1 Å². The zero-order chi connectivity index (χ0) is 14.5. The van der Waals surface area contributed by atoms with Gasteiger partial charge in [-0.3, -0.25) is 14.3 Å². The molecule has 1 heterocycles. The van der Waals surface area contributed by atoms with E-state index in [1.807, 2.05) is 0 Å². The number of hydrogen-bond donors (Lipinski definition) is 2. The summed E-state index contributed by atoms with van der Waals surface area (Å²) in [7, 11) is 0. The summed E-state index contributed by atoms with van der Waals surface area (Å²) in [6.45, 7) is 0.578. The monoisotopic (exact) mass is 281 g/mol. The third kappa shape index (κ3) is 3.32. The fourth-order valence-corrected chi connectivity index (χ4v) is 2.51. The van der Waals surface area contributed by atoms with Crippen LogP contribution in [0.25, 0.3) is 0 Å². The first kappa shape index (κ1) is 14.4. The Bertz CT molecular complexity index is 481. The minimum absolute atomic E-state index is 0.0155. The molecule has 0 saturated heterocycles. The van der Waals surface area contributed by atoms with Crippen LogP contribution in [0.5, 0.6) is 0 Å². The third-order valence-electron chi connectivity index (χ3n) is 3.45. The van der Waals surface area contributed by atoms with Crippen LogP contribution in [0.1, 0.15) is 36.2 Å². The van der Waals surface area contributed by atoms with Crippen LogP contribution >= 0.6 is 0 Å². The van der Waals surface area contributed by atoms with Crippen LogP contribution in [0.3, 0.4) is 0 Å². The normalized spacial score (nSPS) is 15.4. The SMILES string of the molecule is NCCn1cc(C(=O)N(CC(=O)O)C2CCCC2)nn1. The summed E-state index contributed by atoms with van der Waals surface area (Å²) >= 11 is 0. The van der Waals surface area contributed by atoms with E-state index in [1.54, 1.807) is 0 Å². The van der Waals surface area contributed by atoms with Crippen LogP contribution < -0.4 is 5.73 Å². The molecule has 0 aliphatic heterocycles. The van der Waals surface area contributed by atoms with Crippen molar-refractivity contribution in [3.8, 4) is 0 Å². The zero-order valence-corrected chi connectivity index (χ0v) is 11.2. The Labute approximate surface area is 116 Å². The van der Waals surface area contributed by atoms with Gasteiger partial charge in [-0.05, 0) is 12.8 Å². The van der Waals surface area contributed by atoms with Gasteiger partial charge in [0.1, 0.15) is 6.54 Å². The van der Waals surface area contributed by atoms with Gasteiger partial charge in [-0.15, -0.1) is 5.10 Å². The number of carbonyl (C=O) groups is 2. The lowest BCUT2D eigenvalue weighted by Crippen LogP contribution is -2.42. The van der Waals surface area contributed by atoms with Gasteiger partial charge in [-0.25, -0.2) is 0 Å². The predicted octanol–water partition coefficient (Wildman–Crippen LogP) is -0.294. The number of aromatic nitrogens is 3. The highest BCUT2D eigenvalue weighted by Gasteiger charge is 2.30. The largest absolute Gasteiger partial charge is 0.480 e. The molecule has 0 aromatic carbocycles. The molecule has 0 radical (unpaired) electrons. The number of nitrogens with two attached hydrogens (primary N) is 1. The average molecular weight is 281 g/mol. The van der Waals surface area contributed by atoms with E-state index in [2.05, 4.69) is 10.3 Å². The molecule has 1 aliphatic rings. The summed E-state index contributed by atoms with van der Waals surface area (Å²) in [5.74, 6) is -1.39. The van der Waals surface area contributed by atoms with Gasteiger partial charge >= 0.3 is 5.97 Å². The van der Waals surface area contributed by atoms with Gasteiger partial charge in [0.05, 0.1) is 12.7 Å². The van der Waals surface area contributed by atoms with E-state index in [9.17, 15) is 9.59 Å². The van der Waals surface area contributed by atoms with E-state index in [1.165, 1.54) is 15.8 Å². The molecule has 0 atom stereocenters. The smallest absolute Gasteiger partial charge is 0.323 e. The molecule has 8 nitrogen and oxygen atoms in total. The van der Waals surface area contributed by atoms with Gasteiger partial charge in [-0.2, -0.15) is 0 Å². The fourth-order valence-electron chi connectivity index (χ4n) is 2.51. The Balaban J connectivity index is 2.13. The van der Waals surface area contributed by atoms with Crippen molar-refractivity contribution < 1.29 is 14.7 Å². The number of rotatable bonds is 6. The number of carboxylic acid groups (broad SMARTS) is 1. The van der Waals surface area contributed by atoms with Gasteiger partial charge in [-0.1, -0.05) is 18.1 Å². The van der Waals surface area contributed by atoms with Crippen LogP contribution in [0.15, 0.2) is 6.20 Å². The number of hydrogen-bond acceptors (Lipinski definition) is 5. The molecule has 3 N–H and O–H groups in total. The Morgan fingerprint density at radius 1 is 1.45 bits per heavy atom. The molecule has 20 heavy (non-hydrogen) atoms. The molecule has 8 heteroatoms. The fraction of sp³-hybridized carbons (Fsp3) is 0.667. The van der Waals surface area contributed by atoms with E-state index in [4.69, 9.17) is 10.8 Å². The van der Waals surface area contributed by atoms with Gasteiger partial charge < -0.3 is 15.7 Å². The number of amides is 1. The van der Waals surface area contributed by atoms with Crippen molar-refractivity contribution in [2.45, 2.75) is 38.3 Å². The van der Waals surface area contributed by atoms with Gasteiger partial charge in [0.2, 0.25) is 0 Å². The molecule has 0 spiro atoms. The Morgan fingerprint density at radius 3 is 2.75 bits per heavy atom. The molecule has 1 aromatic rings. The summed E-state index contributed by atoms with van der Waals surface area (Å²) in [4.78, 5) is 24.8. The molecule has 110 valence electrons. The molecular weight excluding hydrogens is 262 g/mol. The summed E-state index contributed by atoms with van der Waals surface area (Å²) in [6, 6.07) is -0.0155. The molecule has 1 amide bonds. The third-order valence-corrected chi connectivity index (χ3v) is 3.45. The van der Waals surface area contributed by atoms with Crippen LogP contribution in [0, 0.1) is 0 Å². The van der Waals surface area contributed by atoms with Crippen molar-refractivity contribution in [1.82, 2.24) is 19.9 Å². The molecule has 1 aromatic heterocycles. The first-order chi connectivity index (χ1) is 9.61. The maximum absolute atomic E-state index is 12.4. The lowest BCUT2D eigenvalue weighted by atomic mass is 10.2. The first-order valence-electron chi connectivity index (χ1n) is 6.74.